The molecule has 2 amide bonds. The lowest BCUT2D eigenvalue weighted by atomic mass is 10.0. The number of amides is 2. The van der Waals surface area contributed by atoms with Gasteiger partial charge in [-0.3, -0.25) is 13.9 Å². The molecule has 218 valence electrons. The normalized spacial score (nSPS) is 12.0. The first-order valence-corrected chi connectivity index (χ1v) is 15.4. The molecule has 0 aliphatic rings. The fourth-order valence-electron chi connectivity index (χ4n) is 4.67. The van der Waals surface area contributed by atoms with E-state index in [0.717, 1.165) is 21.0 Å². The van der Waals surface area contributed by atoms with Gasteiger partial charge in [0.2, 0.25) is 11.8 Å². The summed E-state index contributed by atoms with van der Waals surface area (Å²) in [6, 6.07) is 33.0. The summed E-state index contributed by atoms with van der Waals surface area (Å²) in [5.74, 6) is -0.787. The van der Waals surface area contributed by atoms with E-state index in [4.69, 9.17) is 0 Å². The van der Waals surface area contributed by atoms with Crippen molar-refractivity contribution in [1.82, 2.24) is 10.2 Å². The Hall–Kier alpha value is -4.43. The van der Waals surface area contributed by atoms with E-state index in [1.807, 2.05) is 93.6 Å². The van der Waals surface area contributed by atoms with Gasteiger partial charge in [-0.1, -0.05) is 96.6 Å². The molecule has 0 aliphatic heterocycles. The van der Waals surface area contributed by atoms with E-state index >= 15 is 0 Å². The molecule has 0 saturated heterocycles. The minimum absolute atomic E-state index is 0.0753. The monoisotopic (exact) mass is 583 g/mol. The van der Waals surface area contributed by atoms with Crippen LogP contribution in [-0.4, -0.2) is 43.8 Å². The molecule has 4 aromatic rings. The molecular weight excluding hydrogens is 546 g/mol. The van der Waals surface area contributed by atoms with Crippen molar-refractivity contribution in [3.05, 3.63) is 132 Å². The zero-order valence-electron chi connectivity index (χ0n) is 24.2. The van der Waals surface area contributed by atoms with Crippen molar-refractivity contribution in [3.8, 4) is 0 Å². The Morgan fingerprint density at radius 2 is 1.26 bits per heavy atom. The van der Waals surface area contributed by atoms with Crippen LogP contribution in [0.1, 0.15) is 30.5 Å². The number of hydrogen-bond acceptors (Lipinski definition) is 4. The molecule has 1 N–H and O–H groups in total. The van der Waals surface area contributed by atoms with E-state index in [-0.39, 0.29) is 29.8 Å². The van der Waals surface area contributed by atoms with Crippen LogP contribution >= 0.6 is 0 Å². The third-order valence-corrected chi connectivity index (χ3v) is 8.62. The molecule has 0 bridgehead atoms. The molecule has 1 atom stereocenters. The highest BCUT2D eigenvalue weighted by molar-refractivity contribution is 7.92. The van der Waals surface area contributed by atoms with Crippen LogP contribution < -0.4 is 9.62 Å². The van der Waals surface area contributed by atoms with Crippen LogP contribution in [0, 0.1) is 6.92 Å². The van der Waals surface area contributed by atoms with Crippen LogP contribution in [0.15, 0.2) is 120 Å². The average Bonchev–Trinajstić information content (AvgIpc) is 2.99. The molecule has 0 aliphatic carbocycles. The number of aryl methyl sites for hydroxylation is 1. The molecule has 0 fully saturated rings. The number of rotatable bonds is 12. The minimum Gasteiger partial charge on any atom is -0.352 e. The summed E-state index contributed by atoms with van der Waals surface area (Å²) >= 11 is 0. The van der Waals surface area contributed by atoms with Gasteiger partial charge in [0.05, 0.1) is 10.6 Å². The topological polar surface area (TPSA) is 86.8 Å². The van der Waals surface area contributed by atoms with Crippen molar-refractivity contribution in [1.29, 1.82) is 0 Å². The van der Waals surface area contributed by atoms with Crippen LogP contribution in [0.25, 0.3) is 0 Å². The standard InChI is InChI=1S/C34H37N3O4S/c1-26(2)35-34(39)32(23-28-13-7-4-8-14-28)36(24-29-15-9-5-10-16-29)33(38)25-37(30-21-19-27(3)20-22-30)42(40,41)31-17-11-6-12-18-31/h4-22,26,32H,23-25H2,1-3H3,(H,35,39). The highest BCUT2D eigenvalue weighted by atomic mass is 32.2. The van der Waals surface area contributed by atoms with E-state index in [0.29, 0.717) is 5.69 Å². The van der Waals surface area contributed by atoms with Crippen molar-refractivity contribution >= 4 is 27.5 Å². The summed E-state index contributed by atoms with van der Waals surface area (Å²) < 4.78 is 29.0. The summed E-state index contributed by atoms with van der Waals surface area (Å²) in [6.07, 6.45) is 0.272. The molecule has 1 unspecified atom stereocenters. The van der Waals surface area contributed by atoms with Gasteiger partial charge in [-0.05, 0) is 56.2 Å². The van der Waals surface area contributed by atoms with Gasteiger partial charge in [0.15, 0.2) is 0 Å². The predicted molar refractivity (Wildman–Crippen MR) is 166 cm³/mol. The van der Waals surface area contributed by atoms with E-state index in [1.54, 1.807) is 30.3 Å². The Labute approximate surface area is 248 Å². The predicted octanol–water partition coefficient (Wildman–Crippen LogP) is 5.36. The van der Waals surface area contributed by atoms with Gasteiger partial charge >= 0.3 is 0 Å². The number of carbonyl (C=O) groups is 2. The Morgan fingerprint density at radius 3 is 1.81 bits per heavy atom. The van der Waals surface area contributed by atoms with Crippen molar-refractivity contribution in [2.75, 3.05) is 10.8 Å². The number of nitrogens with one attached hydrogen (secondary N) is 1. The van der Waals surface area contributed by atoms with E-state index in [2.05, 4.69) is 5.32 Å². The van der Waals surface area contributed by atoms with Gasteiger partial charge in [0, 0.05) is 19.0 Å². The van der Waals surface area contributed by atoms with Crippen LogP contribution in [0.3, 0.4) is 0 Å². The number of carbonyl (C=O) groups excluding carboxylic acids is 2. The lowest BCUT2D eigenvalue weighted by Gasteiger charge is -2.34. The van der Waals surface area contributed by atoms with Gasteiger partial charge in [0.25, 0.3) is 10.0 Å². The SMILES string of the molecule is Cc1ccc(N(CC(=O)N(Cc2ccccc2)C(Cc2ccccc2)C(=O)NC(C)C)S(=O)(=O)c2ccccc2)cc1. The minimum atomic E-state index is -4.11. The molecule has 0 heterocycles. The van der Waals surface area contributed by atoms with Gasteiger partial charge in [-0.25, -0.2) is 8.42 Å². The van der Waals surface area contributed by atoms with Crippen LogP contribution in [-0.2, 0) is 32.6 Å². The first-order chi connectivity index (χ1) is 20.1. The summed E-state index contributed by atoms with van der Waals surface area (Å²) in [4.78, 5) is 29.6. The largest absolute Gasteiger partial charge is 0.352 e. The van der Waals surface area contributed by atoms with Crippen molar-refractivity contribution in [3.63, 3.8) is 0 Å². The average molecular weight is 584 g/mol. The quantitative estimate of drug-likeness (QED) is 0.244. The van der Waals surface area contributed by atoms with E-state index in [1.165, 1.54) is 17.0 Å². The number of sulfonamides is 1. The lowest BCUT2D eigenvalue weighted by Crippen LogP contribution is -2.54. The molecule has 0 radical (unpaired) electrons. The van der Waals surface area contributed by atoms with Crippen molar-refractivity contribution in [2.24, 2.45) is 0 Å². The Kier molecular flexibility index (Phi) is 10.1. The summed E-state index contributed by atoms with van der Waals surface area (Å²) in [5.41, 5.74) is 3.04. The van der Waals surface area contributed by atoms with Crippen molar-refractivity contribution < 1.29 is 18.0 Å². The lowest BCUT2D eigenvalue weighted by molar-refractivity contribution is -0.140. The smallest absolute Gasteiger partial charge is 0.264 e. The molecule has 4 aromatic carbocycles. The maximum atomic E-state index is 14.3. The van der Waals surface area contributed by atoms with Crippen LogP contribution in [0.4, 0.5) is 5.69 Å². The number of hydrogen-bond donors (Lipinski definition) is 1. The summed E-state index contributed by atoms with van der Waals surface area (Å²) in [5, 5.41) is 2.97. The van der Waals surface area contributed by atoms with Crippen LogP contribution in [0.5, 0.6) is 0 Å². The molecule has 0 aromatic heterocycles. The third kappa shape index (κ3) is 7.85. The van der Waals surface area contributed by atoms with Gasteiger partial charge < -0.3 is 10.2 Å². The number of benzene rings is 4. The second-order valence-electron chi connectivity index (χ2n) is 10.5. The highest BCUT2D eigenvalue weighted by Gasteiger charge is 2.34. The Balaban J connectivity index is 1.78. The van der Waals surface area contributed by atoms with Gasteiger partial charge in [-0.15, -0.1) is 0 Å². The third-order valence-electron chi connectivity index (χ3n) is 6.83. The first-order valence-electron chi connectivity index (χ1n) is 14.0. The fraction of sp³-hybridized carbons (Fsp3) is 0.235. The summed E-state index contributed by atoms with van der Waals surface area (Å²) in [7, 11) is -4.11. The highest BCUT2D eigenvalue weighted by Crippen LogP contribution is 2.25. The van der Waals surface area contributed by atoms with Gasteiger partial charge in [-0.2, -0.15) is 0 Å². The molecule has 0 spiro atoms. The molecular formula is C34H37N3O4S. The Morgan fingerprint density at radius 1 is 0.738 bits per heavy atom. The molecule has 0 saturated carbocycles. The number of anilines is 1. The maximum absolute atomic E-state index is 14.3. The molecule has 7 nitrogen and oxygen atoms in total. The van der Waals surface area contributed by atoms with E-state index < -0.39 is 28.5 Å². The maximum Gasteiger partial charge on any atom is 0.264 e. The molecule has 8 heteroatoms. The number of nitrogens with zero attached hydrogens (tertiary/aromatic N) is 2. The molecule has 4 rings (SSSR count). The van der Waals surface area contributed by atoms with Crippen molar-refractivity contribution in [2.45, 2.75) is 50.7 Å². The summed E-state index contributed by atoms with van der Waals surface area (Å²) in [6.45, 7) is 5.30. The second kappa shape index (κ2) is 14.0. The zero-order valence-corrected chi connectivity index (χ0v) is 25.0. The first kappa shape index (κ1) is 30.5. The zero-order chi connectivity index (χ0) is 30.1. The van der Waals surface area contributed by atoms with Gasteiger partial charge in [0.1, 0.15) is 12.6 Å². The fourth-order valence-corrected chi connectivity index (χ4v) is 6.11. The molecule has 42 heavy (non-hydrogen) atoms. The van der Waals surface area contributed by atoms with Crippen LogP contribution in [0.2, 0.25) is 0 Å². The van der Waals surface area contributed by atoms with E-state index in [9.17, 15) is 18.0 Å². The Bertz CT molecular complexity index is 1560. The second-order valence-corrected chi connectivity index (χ2v) is 12.4.